The van der Waals surface area contributed by atoms with Crippen LogP contribution in [0.4, 0.5) is 26.3 Å². The van der Waals surface area contributed by atoms with Gasteiger partial charge in [-0.15, -0.1) is 9.79 Å². The standard InChI is InChI=1S/C18H15PS2.C10H20.C5H10.C2F6O6S2.2CH3.H2O.2Ru/c20-17-12-6-4-10-15(17)19(14-8-2-1-3-9-14)16-11-5-7-13-18(16)21;1-6-7(2)9(4)10(5)8(6)3;1-2-4-5-3-1;3-1(4,5)15(9,10)13-14-16(11,12)2(6,7)8;;;;;/h1-13,20-21H;6-10H,1-5H3;1-5H2;;2*1H3;1H2;;/q;;;;2*-1;;2*+1/p-1. The molecule has 0 amide bonds. The summed E-state index contributed by atoms with van der Waals surface area (Å²) in [7, 11) is -14.3. The average molecular weight is 1080 g/mol. The van der Waals surface area contributed by atoms with E-state index in [1.165, 1.54) is 48.0 Å². The summed E-state index contributed by atoms with van der Waals surface area (Å²) in [4.78, 5) is 1.85. The second kappa shape index (κ2) is 27.9. The molecular formula is C37H52F6O7PRu2S4-. The van der Waals surface area contributed by atoms with Crippen molar-refractivity contribution in [3.63, 3.8) is 0 Å². The van der Waals surface area contributed by atoms with Crippen LogP contribution in [0.3, 0.4) is 0 Å². The van der Waals surface area contributed by atoms with E-state index in [0.717, 1.165) is 39.4 Å². The zero-order valence-electron chi connectivity index (χ0n) is 32.5. The molecule has 0 spiro atoms. The maximum atomic E-state index is 11.4. The molecular weight excluding hydrogens is 1030 g/mol. The number of hydrogen-bond donors (Lipinski definition) is 0. The third-order valence-electron chi connectivity index (χ3n) is 9.55. The van der Waals surface area contributed by atoms with Crippen molar-refractivity contribution >= 4 is 69.3 Å². The van der Waals surface area contributed by atoms with Gasteiger partial charge in [-0.25, -0.2) is 0 Å². The van der Waals surface area contributed by atoms with E-state index in [9.17, 15) is 43.2 Å². The van der Waals surface area contributed by atoms with Crippen LogP contribution in [0.25, 0.3) is 0 Å². The van der Waals surface area contributed by atoms with Crippen LogP contribution in [0.2, 0.25) is 0 Å². The van der Waals surface area contributed by atoms with E-state index >= 15 is 0 Å². The molecule has 2 fully saturated rings. The van der Waals surface area contributed by atoms with Crippen molar-refractivity contribution in [2.45, 2.75) is 87.5 Å². The van der Waals surface area contributed by atoms with Crippen LogP contribution in [-0.2, 0) is 93.1 Å². The SMILES string of the molecule is C1CCCC1.CC1C(C)C(C)C(C)C1C.O.O=S(=O)(OOS(=O)(=O)C(F)(F)F)C(F)(F)F.[CH3-].[CH3-].[Ru+].[Ru+].[S-]c1ccccc1[PH+](c1ccccc1)c1ccccc1[S-]. The molecule has 0 heterocycles. The zero-order valence-corrected chi connectivity index (χ0v) is 40.2. The maximum absolute atomic E-state index is 11.4. The number of rotatable bonds is 6. The molecule has 2 radical (unpaired) electrons. The first-order valence-electron chi connectivity index (χ1n) is 16.5. The molecule has 3 aromatic carbocycles. The van der Waals surface area contributed by atoms with E-state index in [0.29, 0.717) is 0 Å². The third-order valence-corrected chi connectivity index (χ3v) is 15.2. The topological polar surface area (TPSA) is 118 Å². The molecule has 0 unspecified atom stereocenters. The van der Waals surface area contributed by atoms with Crippen molar-refractivity contribution < 1.29 is 96.3 Å². The summed E-state index contributed by atoms with van der Waals surface area (Å²) in [5.74, 6) is 4.68. The predicted octanol–water partition coefficient (Wildman–Crippen LogP) is 8.82. The van der Waals surface area contributed by atoms with E-state index in [2.05, 4.69) is 91.8 Å². The van der Waals surface area contributed by atoms with Gasteiger partial charge in [0.15, 0.2) is 0 Å². The Balaban J connectivity index is -0.000000348. The summed E-state index contributed by atoms with van der Waals surface area (Å²) in [6.07, 6.45) is 7.50. The van der Waals surface area contributed by atoms with Crippen LogP contribution < -0.4 is 15.9 Å². The maximum Gasteiger partial charge on any atom is 1.00 e. The fraction of sp³-hybridized carbons (Fsp3) is 0.459. The summed E-state index contributed by atoms with van der Waals surface area (Å²) in [5.41, 5.74) is -12.2. The molecule has 57 heavy (non-hydrogen) atoms. The first kappa shape index (κ1) is 62.8. The van der Waals surface area contributed by atoms with E-state index in [-0.39, 0.29) is 59.3 Å². The quantitative estimate of drug-likeness (QED) is 0.0352. The molecule has 3 aromatic rings. The van der Waals surface area contributed by atoms with Crippen LogP contribution in [0.5, 0.6) is 0 Å². The van der Waals surface area contributed by atoms with Crippen LogP contribution in [0.15, 0.2) is 88.7 Å². The smallest absolute Gasteiger partial charge is 0.776 e. The van der Waals surface area contributed by atoms with E-state index in [1.807, 2.05) is 30.3 Å². The Morgan fingerprint density at radius 3 is 1.02 bits per heavy atom. The van der Waals surface area contributed by atoms with Crippen molar-refractivity contribution in [3.05, 3.63) is 93.7 Å². The number of halogens is 6. The van der Waals surface area contributed by atoms with Crippen molar-refractivity contribution in [1.29, 1.82) is 0 Å². The third kappa shape index (κ3) is 18.7. The van der Waals surface area contributed by atoms with Gasteiger partial charge in [0.25, 0.3) is 0 Å². The molecule has 2 aliphatic carbocycles. The molecule has 7 nitrogen and oxygen atoms in total. The number of alkyl halides is 6. The van der Waals surface area contributed by atoms with Gasteiger partial charge in [-0.05, 0) is 53.9 Å². The number of benzene rings is 3. The monoisotopic (exact) mass is 1090 g/mol. The molecule has 5 rings (SSSR count). The fourth-order valence-corrected chi connectivity index (χ4v) is 10.1. The Hall–Kier alpha value is -0.863. The van der Waals surface area contributed by atoms with Crippen molar-refractivity contribution in [1.82, 2.24) is 0 Å². The summed E-state index contributed by atoms with van der Waals surface area (Å²) >= 11 is 11.1. The molecule has 0 saturated heterocycles. The molecule has 0 bridgehead atoms. The molecule has 2 N–H and O–H groups in total. The van der Waals surface area contributed by atoms with Gasteiger partial charge in [-0.3, -0.25) is 0 Å². The summed E-state index contributed by atoms with van der Waals surface area (Å²) in [6.45, 7) is 12.0. The summed E-state index contributed by atoms with van der Waals surface area (Å²) < 4.78 is 113. The fourth-order valence-electron chi connectivity index (χ4n) is 5.84. The van der Waals surface area contributed by atoms with Crippen LogP contribution in [0, 0.1) is 44.4 Å². The Morgan fingerprint density at radius 1 is 0.526 bits per heavy atom. The minimum atomic E-state index is -6.59. The molecule has 20 heteroatoms. The Kier molecular flexibility index (Phi) is 30.7. The first-order chi connectivity index (χ1) is 24.0. The molecule has 2 saturated carbocycles. The first-order valence-corrected chi connectivity index (χ1v) is 21.6. The van der Waals surface area contributed by atoms with Crippen LogP contribution in [0.1, 0.15) is 66.7 Å². The second-order valence-corrected chi connectivity index (χ2v) is 19.0. The van der Waals surface area contributed by atoms with E-state index in [1.54, 1.807) is 0 Å². The minimum absolute atomic E-state index is 0. The Morgan fingerprint density at radius 2 is 0.772 bits per heavy atom. The van der Waals surface area contributed by atoms with E-state index in [4.69, 9.17) is 25.3 Å². The van der Waals surface area contributed by atoms with Crippen molar-refractivity contribution in [2.75, 3.05) is 0 Å². The van der Waals surface area contributed by atoms with Crippen molar-refractivity contribution in [2.24, 2.45) is 29.6 Å². The minimum Gasteiger partial charge on any atom is -0.776 e. The normalized spacial score (nSPS) is 20.0. The van der Waals surface area contributed by atoms with Gasteiger partial charge >= 0.3 is 70.2 Å². The molecule has 0 atom stereocenters. The molecule has 0 aromatic heterocycles. The van der Waals surface area contributed by atoms with Gasteiger partial charge in [-0.1, -0.05) is 130 Å². The van der Waals surface area contributed by atoms with E-state index < -0.39 is 39.2 Å². The number of hydrogen-bond acceptors (Lipinski definition) is 8. The van der Waals surface area contributed by atoms with Crippen molar-refractivity contribution in [3.8, 4) is 0 Å². The Labute approximate surface area is 373 Å². The molecule has 0 aliphatic heterocycles. The van der Waals surface area contributed by atoms with Gasteiger partial charge in [0.05, 0.1) is 18.5 Å². The summed E-state index contributed by atoms with van der Waals surface area (Å²) in [5, 5.41) is 3.79. The van der Waals surface area contributed by atoms with Gasteiger partial charge in [0.1, 0.15) is 5.30 Å². The largest absolute Gasteiger partial charge is 1.00 e. The summed E-state index contributed by atoms with van der Waals surface area (Å²) in [6, 6.07) is 27.0. The van der Waals surface area contributed by atoms with Gasteiger partial charge in [0.2, 0.25) is 0 Å². The molecule has 330 valence electrons. The van der Waals surface area contributed by atoms with Gasteiger partial charge in [-0.2, -0.15) is 43.2 Å². The van der Waals surface area contributed by atoms with Crippen LogP contribution in [-0.4, -0.2) is 33.3 Å². The predicted molar refractivity (Wildman–Crippen MR) is 215 cm³/mol. The average Bonchev–Trinajstić information content (AvgIpc) is 3.72. The zero-order chi connectivity index (χ0) is 39.5. The molecule has 2 aliphatic rings. The van der Waals surface area contributed by atoms with Gasteiger partial charge in [0, 0.05) is 0 Å². The second-order valence-electron chi connectivity index (χ2n) is 12.7. The van der Waals surface area contributed by atoms with Crippen LogP contribution >= 0.6 is 7.92 Å². The van der Waals surface area contributed by atoms with Gasteiger partial charge < -0.3 is 45.6 Å². The Bertz CT molecular complexity index is 1630.